The Labute approximate surface area is 142 Å². The van der Waals surface area contributed by atoms with Crippen LogP contribution in [0.3, 0.4) is 0 Å². The predicted octanol–water partition coefficient (Wildman–Crippen LogP) is 1.09. The van der Waals surface area contributed by atoms with Crippen molar-refractivity contribution in [1.29, 1.82) is 0 Å². The van der Waals surface area contributed by atoms with Crippen LogP contribution in [-0.4, -0.2) is 81.2 Å². The Kier molecular flexibility index (Phi) is 9.90. The second kappa shape index (κ2) is 11.5. The van der Waals surface area contributed by atoms with Crippen LogP contribution >= 0.6 is 0 Å². The van der Waals surface area contributed by atoms with Crippen LogP contribution in [0.5, 0.6) is 0 Å². The van der Waals surface area contributed by atoms with Crippen LogP contribution in [-0.2, 0) is 19.4 Å². The summed E-state index contributed by atoms with van der Waals surface area (Å²) in [5, 5.41) is 19.5. The van der Waals surface area contributed by atoms with Crippen molar-refractivity contribution in [2.24, 2.45) is 20.6 Å². The van der Waals surface area contributed by atoms with Crippen LogP contribution in [0.25, 0.3) is 0 Å². The summed E-state index contributed by atoms with van der Waals surface area (Å²) < 4.78 is 0. The molecule has 0 N–H and O–H groups in total. The van der Waals surface area contributed by atoms with Crippen molar-refractivity contribution < 1.29 is 19.4 Å². The van der Waals surface area contributed by atoms with Crippen LogP contribution < -0.4 is 0 Å². The molecule has 0 bridgehead atoms. The Balaban J connectivity index is 2.98. The summed E-state index contributed by atoms with van der Waals surface area (Å²) in [6, 6.07) is 0. The van der Waals surface area contributed by atoms with E-state index >= 15 is 0 Å². The molecule has 8 nitrogen and oxygen atoms in total. The van der Waals surface area contributed by atoms with E-state index in [1.165, 1.54) is 28.4 Å². The number of hydrogen-bond acceptors (Lipinski definition) is 8. The molecule has 0 amide bonds. The van der Waals surface area contributed by atoms with E-state index in [9.17, 15) is 0 Å². The summed E-state index contributed by atoms with van der Waals surface area (Å²) in [6.07, 6.45) is 0. The van der Waals surface area contributed by atoms with Crippen LogP contribution in [0.1, 0.15) is 0 Å². The fourth-order valence-corrected chi connectivity index (χ4v) is 5.47. The Bertz CT molecular complexity index is 384. The van der Waals surface area contributed by atoms with E-state index in [0.29, 0.717) is 0 Å². The van der Waals surface area contributed by atoms with E-state index in [0.717, 1.165) is 44.1 Å². The van der Waals surface area contributed by atoms with Crippen LogP contribution in [0, 0.1) is 0 Å². The molecule has 0 spiro atoms. The third-order valence-corrected chi connectivity index (χ3v) is 6.44. The molecule has 0 aliphatic carbocycles. The Morgan fingerprint density at radius 1 is 0.545 bits per heavy atom. The van der Waals surface area contributed by atoms with Crippen molar-refractivity contribution in [1.82, 2.24) is 0 Å². The van der Waals surface area contributed by atoms with Gasteiger partial charge < -0.3 is 0 Å². The summed E-state index contributed by atoms with van der Waals surface area (Å²) >= 11 is 0.449. The van der Waals surface area contributed by atoms with Gasteiger partial charge in [0.25, 0.3) is 0 Å². The predicted molar refractivity (Wildman–Crippen MR) is 88.5 cm³/mol. The molecule has 0 radical (unpaired) electrons. The molecule has 0 saturated carbocycles. The monoisotopic (exact) mass is 444 g/mol. The zero-order valence-corrected chi connectivity index (χ0v) is 16.5. The number of hydrogen-bond donors (Lipinski definition) is 0. The number of nitrogens with zero attached hydrogens (tertiary/aromatic N) is 4. The molecule has 0 aromatic carbocycles. The molecule has 1 rings (SSSR count). The maximum atomic E-state index is 4.93. The van der Waals surface area contributed by atoms with Crippen LogP contribution in [0.4, 0.5) is 0 Å². The van der Waals surface area contributed by atoms with Crippen molar-refractivity contribution in [2.75, 3.05) is 28.4 Å². The quantitative estimate of drug-likeness (QED) is 0.482. The molecule has 0 aromatic heterocycles. The third-order valence-electron chi connectivity index (χ3n) is 2.43. The first-order valence-electron chi connectivity index (χ1n) is 6.33. The van der Waals surface area contributed by atoms with Gasteiger partial charge in [0.2, 0.25) is 0 Å². The van der Waals surface area contributed by atoms with Gasteiger partial charge in [0.1, 0.15) is 0 Å². The molecule has 10 heteroatoms. The molecule has 1 fully saturated rings. The van der Waals surface area contributed by atoms with Gasteiger partial charge >= 0.3 is 142 Å². The second-order valence-electron chi connectivity index (χ2n) is 3.87. The normalized spacial score (nSPS) is 24.5. The molecule has 124 valence electrons. The van der Waals surface area contributed by atoms with Gasteiger partial charge in [-0.2, -0.15) is 0 Å². The first kappa shape index (κ1) is 19.0. The molecular formula is C12H20N4O4Se2. The van der Waals surface area contributed by atoms with Gasteiger partial charge in [-0.1, -0.05) is 0 Å². The Hall–Kier alpha value is -1.08. The molecule has 1 heterocycles. The standard InChI is InChI=1S/C12H20N4O4Se2/c1-17-13-9-5-21-7-11(15-19-3)12(16-20-4)8-22-6-10(9)14-18-2/h5-8H2,1-4H3/b13-9+,14-10+,15-11+,16-12+. The molecule has 1 aliphatic rings. The molecule has 0 unspecified atom stereocenters. The zero-order valence-electron chi connectivity index (χ0n) is 13.1. The molecule has 0 aromatic rings. The fourth-order valence-electron chi connectivity index (χ4n) is 1.58. The Morgan fingerprint density at radius 2 is 0.773 bits per heavy atom. The molecule has 22 heavy (non-hydrogen) atoms. The van der Waals surface area contributed by atoms with E-state index in [1.807, 2.05) is 0 Å². The van der Waals surface area contributed by atoms with Gasteiger partial charge in [-0.05, 0) is 0 Å². The minimum absolute atomic E-state index is 0.224. The molecule has 0 atom stereocenters. The van der Waals surface area contributed by atoms with Crippen molar-refractivity contribution in [3.63, 3.8) is 0 Å². The second-order valence-corrected chi connectivity index (χ2v) is 8.00. The van der Waals surface area contributed by atoms with Crippen molar-refractivity contribution in [2.45, 2.75) is 21.3 Å². The Morgan fingerprint density at radius 3 is 0.955 bits per heavy atom. The van der Waals surface area contributed by atoms with Gasteiger partial charge in [-0.15, -0.1) is 0 Å². The van der Waals surface area contributed by atoms with Gasteiger partial charge in [-0.3, -0.25) is 0 Å². The number of oxime groups is 4. The van der Waals surface area contributed by atoms with Gasteiger partial charge in [0, 0.05) is 0 Å². The van der Waals surface area contributed by atoms with E-state index in [1.54, 1.807) is 0 Å². The van der Waals surface area contributed by atoms with E-state index in [-0.39, 0.29) is 29.9 Å². The van der Waals surface area contributed by atoms with Crippen molar-refractivity contribution >= 4 is 52.8 Å². The minimum atomic E-state index is 0.224. The molecule has 1 aliphatic heterocycles. The fraction of sp³-hybridized carbons (Fsp3) is 0.667. The summed E-state index contributed by atoms with van der Waals surface area (Å²) in [4.78, 5) is 19.7. The van der Waals surface area contributed by atoms with Crippen molar-refractivity contribution in [3.05, 3.63) is 0 Å². The average molecular weight is 442 g/mol. The average Bonchev–Trinajstić information content (AvgIpc) is 2.51. The maximum absolute atomic E-state index is 4.93. The van der Waals surface area contributed by atoms with Gasteiger partial charge in [-0.25, -0.2) is 0 Å². The van der Waals surface area contributed by atoms with Crippen LogP contribution in [0.15, 0.2) is 20.6 Å². The molecular weight excluding hydrogens is 422 g/mol. The first-order valence-corrected chi connectivity index (χ1v) is 11.2. The van der Waals surface area contributed by atoms with Crippen molar-refractivity contribution in [3.8, 4) is 0 Å². The SMILES string of the molecule is CO/N=C1\C[Se]CC(=N\OC)/C(=N/OC)C[Se]C\C1=N/OC. The summed E-state index contributed by atoms with van der Waals surface area (Å²) in [7, 11) is 6.15. The van der Waals surface area contributed by atoms with E-state index in [4.69, 9.17) is 19.4 Å². The summed E-state index contributed by atoms with van der Waals surface area (Å²) in [6.45, 7) is 0. The van der Waals surface area contributed by atoms with Gasteiger partial charge in [0.15, 0.2) is 0 Å². The number of rotatable bonds is 4. The summed E-state index contributed by atoms with van der Waals surface area (Å²) in [5.41, 5.74) is 3.37. The van der Waals surface area contributed by atoms with Gasteiger partial charge in [0.05, 0.1) is 0 Å². The zero-order chi connectivity index (χ0) is 16.2. The van der Waals surface area contributed by atoms with E-state index in [2.05, 4.69) is 20.6 Å². The third kappa shape index (κ3) is 6.35. The van der Waals surface area contributed by atoms with E-state index < -0.39 is 0 Å². The summed E-state index contributed by atoms with van der Waals surface area (Å²) in [5.74, 6) is 0. The topological polar surface area (TPSA) is 86.4 Å². The molecule has 1 saturated heterocycles. The first-order chi connectivity index (χ1) is 10.8. The van der Waals surface area contributed by atoms with Crippen LogP contribution in [0.2, 0.25) is 21.3 Å².